The zero-order valence-corrected chi connectivity index (χ0v) is 18.6. The van der Waals surface area contributed by atoms with Gasteiger partial charge in [-0.25, -0.2) is 4.79 Å². The van der Waals surface area contributed by atoms with Gasteiger partial charge in [-0.1, -0.05) is 47.7 Å². The van der Waals surface area contributed by atoms with Crippen LogP contribution in [0.1, 0.15) is 48.0 Å². The largest absolute Gasteiger partial charge is 0.467 e. The van der Waals surface area contributed by atoms with E-state index in [9.17, 15) is 14.4 Å². The molecule has 0 aromatic rings. The molecule has 0 heterocycles. The van der Waals surface area contributed by atoms with E-state index in [1.807, 2.05) is 13.8 Å². The van der Waals surface area contributed by atoms with Crippen molar-refractivity contribution < 1.29 is 19.1 Å². The van der Waals surface area contributed by atoms with Gasteiger partial charge in [0.25, 0.3) is 0 Å². The smallest absolute Gasteiger partial charge is 0.329 e. The van der Waals surface area contributed by atoms with Crippen molar-refractivity contribution in [1.29, 1.82) is 0 Å². The van der Waals surface area contributed by atoms with Gasteiger partial charge in [-0.15, -0.1) is 11.5 Å². The van der Waals surface area contributed by atoms with Crippen LogP contribution in [0, 0.1) is 17.4 Å². The Morgan fingerprint density at radius 3 is 2.04 bits per heavy atom. The van der Waals surface area contributed by atoms with Crippen molar-refractivity contribution in [2.75, 3.05) is 7.11 Å². The Morgan fingerprint density at radius 1 is 1.12 bits per heavy atom. The summed E-state index contributed by atoms with van der Waals surface area (Å²) < 4.78 is 4.79. The first kappa shape index (κ1) is 24.2. The number of hydrogen-bond acceptors (Lipinski definition) is 4. The molecule has 0 aliphatic rings. The minimum atomic E-state index is -1.80. The van der Waals surface area contributed by atoms with Crippen LogP contribution >= 0.6 is 0 Å². The zero-order chi connectivity index (χ0) is 20.7. The fourth-order valence-electron chi connectivity index (χ4n) is 1.91. The van der Waals surface area contributed by atoms with Gasteiger partial charge in [0.1, 0.15) is 20.2 Å². The monoisotopic (exact) mass is 382 g/mol. The average molecular weight is 383 g/mol. The molecule has 0 rings (SSSR count). The maximum atomic E-state index is 12.5. The van der Waals surface area contributed by atoms with Crippen LogP contribution in [0.5, 0.6) is 0 Å². The lowest BCUT2D eigenvalue weighted by Crippen LogP contribution is -2.53. The fourth-order valence-corrected chi connectivity index (χ4v) is 2.83. The number of hydrogen-bond donors (Lipinski definition) is 2. The van der Waals surface area contributed by atoms with Gasteiger partial charge in [0, 0.05) is 13.3 Å². The van der Waals surface area contributed by atoms with Gasteiger partial charge in [-0.3, -0.25) is 9.59 Å². The highest BCUT2D eigenvalue weighted by atomic mass is 28.3. The van der Waals surface area contributed by atoms with Crippen molar-refractivity contribution >= 4 is 25.9 Å². The summed E-state index contributed by atoms with van der Waals surface area (Å²) in [6.45, 7) is 15.8. The molecule has 2 atom stereocenters. The Morgan fingerprint density at radius 2 is 1.65 bits per heavy atom. The van der Waals surface area contributed by atoms with E-state index >= 15 is 0 Å². The molecule has 0 bridgehead atoms. The Bertz CT molecular complexity index is 583. The summed E-state index contributed by atoms with van der Waals surface area (Å²) in [5.74, 6) is 1.69. The third-order valence-corrected chi connectivity index (χ3v) is 9.24. The molecule has 0 spiro atoms. The minimum absolute atomic E-state index is 0.109. The lowest BCUT2D eigenvalue weighted by molar-refractivity contribution is -0.145. The molecule has 0 aromatic heterocycles. The second kappa shape index (κ2) is 9.77. The summed E-state index contributed by atoms with van der Waals surface area (Å²) in [7, 11) is -0.527. The summed E-state index contributed by atoms with van der Waals surface area (Å²) in [5.41, 5.74) is 3.33. The molecule has 148 valence electrons. The number of rotatable bonds is 6. The molecule has 2 N–H and O–H groups in total. The first-order chi connectivity index (χ1) is 11.7. The Labute approximate surface area is 158 Å². The molecule has 0 radical (unpaired) electrons. The lowest BCUT2D eigenvalue weighted by atomic mass is 10.0. The van der Waals surface area contributed by atoms with Gasteiger partial charge in [-0.2, -0.15) is 0 Å². The Kier molecular flexibility index (Phi) is 9.08. The number of carbonyl (C=O) groups excluding carboxylic acids is 3. The molecule has 0 aliphatic carbocycles. The number of esters is 1. The normalized spacial score (nSPS) is 13.9. The highest BCUT2D eigenvalue weighted by Gasteiger charge is 2.34. The van der Waals surface area contributed by atoms with Crippen LogP contribution in [0.2, 0.25) is 18.1 Å². The quantitative estimate of drug-likeness (QED) is 0.419. The van der Waals surface area contributed by atoms with Gasteiger partial charge in [0.05, 0.1) is 7.11 Å². The first-order valence-corrected chi connectivity index (χ1v) is 11.9. The van der Waals surface area contributed by atoms with Crippen molar-refractivity contribution in [3.05, 3.63) is 0 Å². The number of methoxy groups -OCH3 is 1. The van der Waals surface area contributed by atoms with Crippen LogP contribution < -0.4 is 10.6 Å². The van der Waals surface area contributed by atoms with Gasteiger partial charge in [-0.05, 0) is 11.0 Å². The molecule has 0 saturated heterocycles. The lowest BCUT2D eigenvalue weighted by Gasteiger charge is -2.31. The van der Waals surface area contributed by atoms with Gasteiger partial charge >= 0.3 is 5.97 Å². The highest BCUT2D eigenvalue weighted by molar-refractivity contribution is 6.87. The van der Waals surface area contributed by atoms with E-state index in [1.54, 1.807) is 0 Å². The van der Waals surface area contributed by atoms with Crippen molar-refractivity contribution in [3.8, 4) is 11.5 Å². The SMILES string of the molecule is COC(=O)[C@H](CC#C[Si](C)(C)C(C)(C)C)NC(=O)[C@H](NC(C)=O)C(C)C. The predicted octanol–water partition coefficient (Wildman–Crippen LogP) is 2.25. The molecule has 0 unspecified atom stereocenters. The summed E-state index contributed by atoms with van der Waals surface area (Å²) in [5, 5.41) is 5.38. The summed E-state index contributed by atoms with van der Waals surface area (Å²) in [6.07, 6.45) is 0.176. The van der Waals surface area contributed by atoms with E-state index in [2.05, 4.69) is 56.0 Å². The second-order valence-corrected chi connectivity index (χ2v) is 13.4. The third kappa shape index (κ3) is 7.61. The Hall–Kier alpha value is -1.81. The van der Waals surface area contributed by atoms with Crippen molar-refractivity contribution in [3.63, 3.8) is 0 Å². The highest BCUT2D eigenvalue weighted by Crippen LogP contribution is 2.35. The molecule has 0 aliphatic heterocycles. The van der Waals surface area contributed by atoms with E-state index in [0.717, 1.165) is 0 Å². The topological polar surface area (TPSA) is 84.5 Å². The van der Waals surface area contributed by atoms with E-state index in [4.69, 9.17) is 4.74 Å². The molecule has 0 fully saturated rings. The van der Waals surface area contributed by atoms with E-state index in [1.165, 1.54) is 14.0 Å². The molecule has 6 nitrogen and oxygen atoms in total. The van der Waals surface area contributed by atoms with E-state index < -0.39 is 32.0 Å². The summed E-state index contributed by atoms with van der Waals surface area (Å²) in [4.78, 5) is 35.8. The fraction of sp³-hybridized carbons (Fsp3) is 0.737. The van der Waals surface area contributed by atoms with Crippen molar-refractivity contribution in [2.24, 2.45) is 5.92 Å². The molecule has 26 heavy (non-hydrogen) atoms. The predicted molar refractivity (Wildman–Crippen MR) is 106 cm³/mol. The maximum absolute atomic E-state index is 12.5. The first-order valence-electron chi connectivity index (χ1n) is 8.88. The van der Waals surface area contributed by atoms with Crippen LogP contribution in [0.3, 0.4) is 0 Å². The van der Waals surface area contributed by atoms with Crippen molar-refractivity contribution in [1.82, 2.24) is 10.6 Å². The standard InChI is InChI=1S/C19H34N2O4Si/c1-13(2)16(20-14(3)22)17(23)21-15(18(24)25-7)11-10-12-26(8,9)19(4,5)6/h13,15-16H,11H2,1-9H3,(H,20,22)(H,21,23)/t15-,16+/m0/s1. The summed E-state index contributed by atoms with van der Waals surface area (Å²) >= 11 is 0. The Balaban J connectivity index is 5.28. The van der Waals surface area contributed by atoms with Crippen LogP contribution in [-0.4, -0.2) is 45.1 Å². The third-order valence-electron chi connectivity index (χ3n) is 4.69. The van der Waals surface area contributed by atoms with Crippen LogP contribution in [0.4, 0.5) is 0 Å². The molecular formula is C19H34N2O4Si. The van der Waals surface area contributed by atoms with Crippen LogP contribution in [0.15, 0.2) is 0 Å². The number of carbonyl (C=O) groups is 3. The van der Waals surface area contributed by atoms with Crippen LogP contribution in [0.25, 0.3) is 0 Å². The van der Waals surface area contributed by atoms with Gasteiger partial charge < -0.3 is 15.4 Å². The average Bonchev–Trinajstić information content (AvgIpc) is 2.48. The molecule has 2 amide bonds. The summed E-state index contributed by atoms with van der Waals surface area (Å²) in [6, 6.07) is -1.58. The molecule has 0 saturated carbocycles. The molecule has 0 aromatic carbocycles. The minimum Gasteiger partial charge on any atom is -0.467 e. The maximum Gasteiger partial charge on any atom is 0.329 e. The van der Waals surface area contributed by atoms with Gasteiger partial charge in [0.15, 0.2) is 0 Å². The van der Waals surface area contributed by atoms with E-state index in [0.29, 0.717) is 0 Å². The van der Waals surface area contributed by atoms with Crippen molar-refractivity contribution in [2.45, 2.75) is 78.2 Å². The van der Waals surface area contributed by atoms with E-state index in [-0.39, 0.29) is 23.3 Å². The van der Waals surface area contributed by atoms with Gasteiger partial charge in [0.2, 0.25) is 11.8 Å². The molecular weight excluding hydrogens is 348 g/mol. The second-order valence-electron chi connectivity index (χ2n) is 8.39. The number of nitrogens with one attached hydrogen (secondary N) is 2. The number of ether oxygens (including phenoxy) is 1. The number of amides is 2. The molecule has 7 heteroatoms. The van der Waals surface area contributed by atoms with Crippen LogP contribution in [-0.2, 0) is 19.1 Å². The zero-order valence-electron chi connectivity index (χ0n) is 17.6.